The van der Waals surface area contributed by atoms with Crippen molar-refractivity contribution in [3.05, 3.63) is 85.8 Å². The molecular weight excluding hydrogens is 509 g/mol. The summed E-state index contributed by atoms with van der Waals surface area (Å²) in [6.45, 7) is 7.29. The molecule has 0 radical (unpaired) electrons. The fraction of sp³-hybridized carbons (Fsp3) is 0.379. The third-order valence-electron chi connectivity index (χ3n) is 6.86. The molecule has 1 aliphatic carbocycles. The first-order valence-corrected chi connectivity index (χ1v) is 12.9. The summed E-state index contributed by atoms with van der Waals surface area (Å²) in [5.41, 5.74) is 10.8. The first-order chi connectivity index (χ1) is 17.6. The van der Waals surface area contributed by atoms with Crippen molar-refractivity contribution in [3.63, 3.8) is 0 Å². The van der Waals surface area contributed by atoms with Crippen LogP contribution in [0.4, 0.5) is 0 Å². The van der Waals surface area contributed by atoms with Crippen LogP contribution in [0, 0.1) is 23.7 Å². The van der Waals surface area contributed by atoms with Crippen LogP contribution in [0.15, 0.2) is 59.1 Å². The van der Waals surface area contributed by atoms with Crippen molar-refractivity contribution in [2.45, 2.75) is 46.1 Å². The molecule has 2 aliphatic rings. The number of allylic oxidation sites excluding steroid dienone is 3. The second kappa shape index (κ2) is 10.8. The van der Waals surface area contributed by atoms with E-state index in [-0.39, 0.29) is 11.2 Å². The average molecular weight is 540 g/mol. The Morgan fingerprint density at radius 2 is 1.81 bits per heavy atom. The molecule has 6 nitrogen and oxygen atoms in total. The Kier molecular flexibility index (Phi) is 7.89. The van der Waals surface area contributed by atoms with E-state index in [1.165, 1.54) is 0 Å². The van der Waals surface area contributed by atoms with Gasteiger partial charge < -0.3 is 20.1 Å². The molecule has 1 heterocycles. The fourth-order valence-electron chi connectivity index (χ4n) is 5.07. The molecule has 2 N–H and O–H groups in total. The van der Waals surface area contributed by atoms with Crippen molar-refractivity contribution in [2.75, 3.05) is 20.3 Å². The van der Waals surface area contributed by atoms with Crippen LogP contribution >= 0.6 is 23.2 Å². The highest BCUT2D eigenvalue weighted by molar-refractivity contribution is 6.37. The Bertz CT molecular complexity index is 1300. The van der Waals surface area contributed by atoms with E-state index in [2.05, 4.69) is 19.9 Å². The molecule has 37 heavy (non-hydrogen) atoms. The summed E-state index contributed by atoms with van der Waals surface area (Å²) < 4.78 is 11.2. The molecule has 2 aromatic rings. The van der Waals surface area contributed by atoms with Gasteiger partial charge in [0.05, 0.1) is 34.2 Å². The molecule has 4 rings (SSSR count). The number of hydrogen-bond donors (Lipinski definition) is 1. The quantitative estimate of drug-likeness (QED) is 0.446. The molecule has 194 valence electrons. The summed E-state index contributed by atoms with van der Waals surface area (Å²) in [4.78, 5) is 15.4. The number of carbonyl (C=O) groups excluding carboxylic acids is 1. The van der Waals surface area contributed by atoms with Gasteiger partial charge in [-0.05, 0) is 42.0 Å². The Labute approximate surface area is 228 Å². The van der Waals surface area contributed by atoms with Gasteiger partial charge in [-0.3, -0.25) is 4.79 Å². The Balaban J connectivity index is 1.76. The van der Waals surface area contributed by atoms with Crippen LogP contribution in [-0.2, 0) is 16.1 Å². The van der Waals surface area contributed by atoms with E-state index in [4.69, 9.17) is 38.4 Å². The topological polar surface area (TPSA) is 88.6 Å². The predicted molar refractivity (Wildman–Crippen MR) is 145 cm³/mol. The average Bonchev–Trinajstić information content (AvgIpc) is 2.82. The molecule has 0 fully saturated rings. The fourth-order valence-corrected chi connectivity index (χ4v) is 5.68. The second-order valence-electron chi connectivity index (χ2n) is 10.4. The number of nitrogens with zero attached hydrogens (tertiary/aromatic N) is 2. The SMILES string of the molecule is COCCN1C(N)=C(C#N)[C@H](c2cc(Cl)c(OCc3ccc(C)cc3)c(Cl)c2)C2=C1CC(C)(C)CC2=O. The molecule has 1 aliphatic heterocycles. The van der Waals surface area contributed by atoms with E-state index in [0.29, 0.717) is 70.9 Å². The minimum absolute atomic E-state index is 0.00846. The standard InChI is InChI=1S/C29H31Cl2N3O3/c1-17-5-7-18(8-6-17)16-37-27-21(30)11-19(12-22(27)31)25-20(15-32)28(33)34(9-10-36-4)23-13-29(2,3)14-24(35)26(23)25/h5-8,11-12,25H,9-10,13-14,16,33H2,1-4H3/t25-/m0/s1. The summed E-state index contributed by atoms with van der Waals surface area (Å²) in [7, 11) is 1.61. The van der Waals surface area contributed by atoms with Crippen molar-refractivity contribution in [2.24, 2.45) is 11.1 Å². The summed E-state index contributed by atoms with van der Waals surface area (Å²) in [5.74, 6) is 0.00102. The Morgan fingerprint density at radius 1 is 1.16 bits per heavy atom. The van der Waals surface area contributed by atoms with Crippen LogP contribution < -0.4 is 10.5 Å². The molecular formula is C29H31Cl2N3O3. The summed E-state index contributed by atoms with van der Waals surface area (Å²) in [5, 5.41) is 10.8. The monoisotopic (exact) mass is 539 g/mol. The van der Waals surface area contributed by atoms with E-state index in [1.807, 2.05) is 36.1 Å². The predicted octanol–water partition coefficient (Wildman–Crippen LogP) is 6.26. The third kappa shape index (κ3) is 5.50. The lowest BCUT2D eigenvalue weighted by atomic mass is 9.68. The number of ketones is 1. The normalized spacial score (nSPS) is 19.1. The molecule has 0 unspecified atom stereocenters. The van der Waals surface area contributed by atoms with Gasteiger partial charge in [-0.25, -0.2) is 0 Å². The second-order valence-corrected chi connectivity index (χ2v) is 11.2. The minimum atomic E-state index is -0.663. The maximum absolute atomic E-state index is 13.6. The molecule has 0 spiro atoms. The highest BCUT2D eigenvalue weighted by atomic mass is 35.5. The lowest BCUT2D eigenvalue weighted by molar-refractivity contribution is -0.118. The number of methoxy groups -OCH3 is 1. The molecule has 8 heteroatoms. The maximum Gasteiger partial charge on any atom is 0.162 e. The number of halogens is 2. The smallest absolute Gasteiger partial charge is 0.162 e. The zero-order valence-electron chi connectivity index (χ0n) is 21.5. The van der Waals surface area contributed by atoms with Crippen molar-refractivity contribution in [3.8, 4) is 11.8 Å². The van der Waals surface area contributed by atoms with Gasteiger partial charge in [0.2, 0.25) is 0 Å². The Hall–Kier alpha value is -2.98. The van der Waals surface area contributed by atoms with Crippen LogP contribution in [0.1, 0.15) is 49.3 Å². The lowest BCUT2D eigenvalue weighted by Crippen LogP contribution is -2.43. The number of hydrogen-bond acceptors (Lipinski definition) is 6. The van der Waals surface area contributed by atoms with Crippen molar-refractivity contribution >= 4 is 29.0 Å². The number of rotatable bonds is 7. The maximum atomic E-state index is 13.6. The first kappa shape index (κ1) is 27.1. The van der Waals surface area contributed by atoms with Crippen LogP contribution in [0.25, 0.3) is 0 Å². The molecule has 0 amide bonds. The van der Waals surface area contributed by atoms with Crippen molar-refractivity contribution < 1.29 is 14.3 Å². The summed E-state index contributed by atoms with van der Waals surface area (Å²) >= 11 is 13.3. The van der Waals surface area contributed by atoms with Gasteiger partial charge in [0.25, 0.3) is 0 Å². The van der Waals surface area contributed by atoms with Crippen molar-refractivity contribution in [1.82, 2.24) is 4.90 Å². The van der Waals surface area contributed by atoms with E-state index in [9.17, 15) is 10.1 Å². The number of nitrogens with two attached hydrogens (primary N) is 1. The molecule has 0 bridgehead atoms. The summed E-state index contributed by atoms with van der Waals surface area (Å²) in [6, 6.07) is 13.7. The third-order valence-corrected chi connectivity index (χ3v) is 7.43. The van der Waals surface area contributed by atoms with Crippen LogP contribution in [0.5, 0.6) is 5.75 Å². The molecule has 2 aromatic carbocycles. The van der Waals surface area contributed by atoms with Crippen LogP contribution in [-0.4, -0.2) is 30.9 Å². The number of benzene rings is 2. The van der Waals surface area contributed by atoms with Gasteiger partial charge in [-0.15, -0.1) is 0 Å². The molecule has 1 atom stereocenters. The number of aryl methyl sites for hydroxylation is 1. The zero-order valence-corrected chi connectivity index (χ0v) is 23.0. The van der Waals surface area contributed by atoms with E-state index < -0.39 is 5.92 Å². The number of nitriles is 1. The lowest BCUT2D eigenvalue weighted by Gasteiger charge is -2.43. The minimum Gasteiger partial charge on any atom is -0.486 e. The van der Waals surface area contributed by atoms with E-state index >= 15 is 0 Å². The molecule has 0 saturated heterocycles. The molecule has 0 aromatic heterocycles. The van der Waals surface area contributed by atoms with Gasteiger partial charge >= 0.3 is 0 Å². The van der Waals surface area contributed by atoms with Gasteiger partial charge in [0.1, 0.15) is 12.4 Å². The summed E-state index contributed by atoms with van der Waals surface area (Å²) in [6.07, 6.45) is 1.02. The number of ether oxygens (including phenoxy) is 2. The Morgan fingerprint density at radius 3 is 2.41 bits per heavy atom. The van der Waals surface area contributed by atoms with E-state index in [0.717, 1.165) is 16.8 Å². The largest absolute Gasteiger partial charge is 0.486 e. The number of carbonyl (C=O) groups is 1. The van der Waals surface area contributed by atoms with Gasteiger partial charge in [0.15, 0.2) is 11.5 Å². The van der Waals surface area contributed by atoms with Gasteiger partial charge in [-0.2, -0.15) is 5.26 Å². The number of Topliss-reactive ketones (excluding diaryl/α,β-unsaturated/α-hetero) is 1. The van der Waals surface area contributed by atoms with Gasteiger partial charge in [0, 0.05) is 31.3 Å². The highest BCUT2D eigenvalue weighted by Gasteiger charge is 2.44. The molecule has 0 saturated carbocycles. The van der Waals surface area contributed by atoms with E-state index in [1.54, 1.807) is 19.2 Å². The van der Waals surface area contributed by atoms with Crippen LogP contribution in [0.3, 0.4) is 0 Å². The first-order valence-electron chi connectivity index (χ1n) is 12.2. The van der Waals surface area contributed by atoms with Crippen LogP contribution in [0.2, 0.25) is 10.0 Å². The zero-order chi connectivity index (χ0) is 26.9. The van der Waals surface area contributed by atoms with Gasteiger partial charge in [-0.1, -0.05) is 66.9 Å². The highest BCUT2D eigenvalue weighted by Crippen LogP contribution is 2.50. The van der Waals surface area contributed by atoms with Crippen molar-refractivity contribution in [1.29, 1.82) is 5.26 Å².